The van der Waals surface area contributed by atoms with Crippen molar-refractivity contribution in [1.82, 2.24) is 15.4 Å². The normalized spacial score (nSPS) is 28.4. The first kappa shape index (κ1) is 12.4. The monoisotopic (exact) mass is 260 g/mol. The van der Waals surface area contributed by atoms with Crippen LogP contribution in [0.2, 0.25) is 0 Å². The third-order valence-electron chi connectivity index (χ3n) is 4.35. The van der Waals surface area contributed by atoms with Crippen LogP contribution in [0, 0.1) is 31.6 Å². The molecule has 2 saturated carbocycles. The summed E-state index contributed by atoms with van der Waals surface area (Å²) < 4.78 is 0. The molecule has 0 saturated heterocycles. The van der Waals surface area contributed by atoms with Crippen molar-refractivity contribution < 1.29 is 4.79 Å². The molecule has 2 bridgehead atoms. The number of nitrogens with zero attached hydrogens (tertiary/aromatic N) is 2. The van der Waals surface area contributed by atoms with E-state index >= 15 is 0 Å². The zero-order chi connectivity index (χ0) is 13.4. The molecule has 3 atom stereocenters. The number of anilines is 1. The number of aryl methyl sites for hydroxylation is 2. The first-order valence-electron chi connectivity index (χ1n) is 7.00. The van der Waals surface area contributed by atoms with E-state index in [9.17, 15) is 4.79 Å². The number of amides is 1. The topological polar surface area (TPSA) is 66.9 Å². The number of aromatic nitrogens is 2. The van der Waals surface area contributed by atoms with Crippen LogP contribution >= 0.6 is 0 Å². The van der Waals surface area contributed by atoms with E-state index in [0.717, 1.165) is 23.7 Å². The van der Waals surface area contributed by atoms with Gasteiger partial charge in [-0.15, -0.1) is 0 Å². The predicted octanol–water partition coefficient (Wildman–Crippen LogP) is 1.97. The Morgan fingerprint density at radius 1 is 1.21 bits per heavy atom. The second-order valence-corrected chi connectivity index (χ2v) is 5.87. The molecule has 5 heteroatoms. The molecule has 0 aliphatic heterocycles. The van der Waals surface area contributed by atoms with Crippen molar-refractivity contribution in [3.05, 3.63) is 17.5 Å². The van der Waals surface area contributed by atoms with E-state index in [1.807, 2.05) is 19.9 Å². The van der Waals surface area contributed by atoms with E-state index in [1.54, 1.807) is 0 Å². The zero-order valence-electron chi connectivity index (χ0n) is 11.4. The number of fused-ring (bicyclic) bond motifs is 2. The molecule has 3 unspecified atom stereocenters. The van der Waals surface area contributed by atoms with Crippen LogP contribution in [-0.4, -0.2) is 15.9 Å². The standard InChI is InChI=1S/C14H20N4O/c1-8-5-9(2)16-14(15-8)18-17-13(19)12-7-10-3-4-11(12)6-10/h5,10-12H,3-4,6-7H2,1-2H3,(H,17,19)(H,15,16,18). The maximum absolute atomic E-state index is 12.1. The highest BCUT2D eigenvalue weighted by atomic mass is 16.2. The van der Waals surface area contributed by atoms with Crippen LogP contribution in [0.4, 0.5) is 5.95 Å². The van der Waals surface area contributed by atoms with E-state index in [1.165, 1.54) is 19.3 Å². The Labute approximate surface area is 113 Å². The maximum atomic E-state index is 12.1. The summed E-state index contributed by atoms with van der Waals surface area (Å²) in [7, 11) is 0. The van der Waals surface area contributed by atoms with Crippen LogP contribution in [0.3, 0.4) is 0 Å². The molecule has 0 aromatic carbocycles. The molecular formula is C14H20N4O. The molecule has 1 amide bonds. The van der Waals surface area contributed by atoms with Gasteiger partial charge in [0.1, 0.15) is 0 Å². The van der Waals surface area contributed by atoms with Crippen LogP contribution < -0.4 is 10.9 Å². The molecule has 2 fully saturated rings. The highest BCUT2D eigenvalue weighted by molar-refractivity contribution is 5.80. The highest BCUT2D eigenvalue weighted by Gasteiger charge is 2.43. The lowest BCUT2D eigenvalue weighted by molar-refractivity contribution is -0.126. The van der Waals surface area contributed by atoms with Gasteiger partial charge in [0, 0.05) is 17.3 Å². The summed E-state index contributed by atoms with van der Waals surface area (Å²) in [6.45, 7) is 3.83. The molecule has 5 nitrogen and oxygen atoms in total. The van der Waals surface area contributed by atoms with E-state index in [4.69, 9.17) is 0 Å². The second-order valence-electron chi connectivity index (χ2n) is 5.87. The first-order valence-corrected chi connectivity index (χ1v) is 7.00. The quantitative estimate of drug-likeness (QED) is 0.815. The van der Waals surface area contributed by atoms with Gasteiger partial charge in [-0.3, -0.25) is 15.6 Å². The number of rotatable bonds is 3. The van der Waals surface area contributed by atoms with Crippen LogP contribution in [0.25, 0.3) is 0 Å². The van der Waals surface area contributed by atoms with Crippen LogP contribution in [0.15, 0.2) is 6.07 Å². The van der Waals surface area contributed by atoms with Gasteiger partial charge >= 0.3 is 0 Å². The second kappa shape index (κ2) is 4.79. The molecule has 1 heterocycles. The molecule has 3 rings (SSSR count). The van der Waals surface area contributed by atoms with Crippen LogP contribution in [-0.2, 0) is 4.79 Å². The summed E-state index contributed by atoms with van der Waals surface area (Å²) in [5.74, 6) is 2.10. The van der Waals surface area contributed by atoms with Gasteiger partial charge in [0.2, 0.25) is 11.9 Å². The van der Waals surface area contributed by atoms with E-state index in [2.05, 4.69) is 20.8 Å². The van der Waals surface area contributed by atoms with Crippen molar-refractivity contribution >= 4 is 11.9 Å². The number of carbonyl (C=O) groups is 1. The molecule has 0 radical (unpaired) electrons. The van der Waals surface area contributed by atoms with Gasteiger partial charge in [-0.05, 0) is 51.0 Å². The fraction of sp³-hybridized carbons (Fsp3) is 0.643. The van der Waals surface area contributed by atoms with E-state index < -0.39 is 0 Å². The Bertz CT molecular complexity index is 482. The van der Waals surface area contributed by atoms with Gasteiger partial charge < -0.3 is 0 Å². The van der Waals surface area contributed by atoms with Crippen LogP contribution in [0.1, 0.15) is 37.1 Å². The molecule has 1 aromatic heterocycles. The molecule has 1 aromatic rings. The number of hydrogen-bond donors (Lipinski definition) is 2. The Morgan fingerprint density at radius 3 is 2.53 bits per heavy atom. The van der Waals surface area contributed by atoms with Crippen molar-refractivity contribution in [2.45, 2.75) is 39.5 Å². The van der Waals surface area contributed by atoms with Gasteiger partial charge in [-0.2, -0.15) is 0 Å². The zero-order valence-corrected chi connectivity index (χ0v) is 11.4. The maximum Gasteiger partial charge on any atom is 0.242 e. The highest BCUT2D eigenvalue weighted by Crippen LogP contribution is 2.48. The smallest absolute Gasteiger partial charge is 0.242 e. The summed E-state index contributed by atoms with van der Waals surface area (Å²) in [6.07, 6.45) is 4.80. The number of carbonyl (C=O) groups excluding carboxylic acids is 1. The molecular weight excluding hydrogens is 240 g/mol. The summed E-state index contributed by atoms with van der Waals surface area (Å²) in [4.78, 5) is 20.6. The fourth-order valence-corrected chi connectivity index (χ4v) is 3.56. The minimum atomic E-state index is 0.0926. The SMILES string of the molecule is Cc1cc(C)nc(NNC(=O)C2CC3CCC2C3)n1. The lowest BCUT2D eigenvalue weighted by Gasteiger charge is -2.20. The van der Waals surface area contributed by atoms with E-state index in [0.29, 0.717) is 11.9 Å². The van der Waals surface area contributed by atoms with E-state index in [-0.39, 0.29) is 11.8 Å². The molecule has 2 aliphatic rings. The third kappa shape index (κ3) is 2.55. The Kier molecular flexibility index (Phi) is 3.12. The number of hydrogen-bond acceptors (Lipinski definition) is 4. The summed E-state index contributed by atoms with van der Waals surface area (Å²) in [5, 5.41) is 0. The lowest BCUT2D eigenvalue weighted by Crippen LogP contribution is -2.37. The average Bonchev–Trinajstić information content (AvgIpc) is 2.97. The minimum absolute atomic E-state index is 0.0926. The summed E-state index contributed by atoms with van der Waals surface area (Å²) >= 11 is 0. The van der Waals surface area contributed by atoms with Gasteiger partial charge in [-0.1, -0.05) is 6.42 Å². The minimum Gasteiger partial charge on any atom is -0.273 e. The molecule has 2 N–H and O–H groups in total. The molecule has 2 aliphatic carbocycles. The van der Waals surface area contributed by atoms with Crippen molar-refractivity contribution in [1.29, 1.82) is 0 Å². The third-order valence-corrected chi connectivity index (χ3v) is 4.35. The molecule has 0 spiro atoms. The molecule has 102 valence electrons. The fourth-order valence-electron chi connectivity index (χ4n) is 3.56. The van der Waals surface area contributed by atoms with Crippen molar-refractivity contribution in [3.8, 4) is 0 Å². The largest absolute Gasteiger partial charge is 0.273 e. The average molecular weight is 260 g/mol. The summed E-state index contributed by atoms with van der Waals surface area (Å²) in [5.41, 5.74) is 7.39. The Hall–Kier alpha value is -1.65. The number of hydrazine groups is 1. The van der Waals surface area contributed by atoms with Gasteiger partial charge in [-0.25, -0.2) is 9.97 Å². The van der Waals surface area contributed by atoms with Crippen molar-refractivity contribution in [2.75, 3.05) is 5.43 Å². The summed E-state index contributed by atoms with van der Waals surface area (Å²) in [6, 6.07) is 1.91. The number of nitrogens with one attached hydrogen (secondary N) is 2. The molecule has 19 heavy (non-hydrogen) atoms. The van der Waals surface area contributed by atoms with Crippen molar-refractivity contribution in [3.63, 3.8) is 0 Å². The van der Waals surface area contributed by atoms with Gasteiger partial charge in [0.05, 0.1) is 0 Å². The van der Waals surface area contributed by atoms with Crippen molar-refractivity contribution in [2.24, 2.45) is 17.8 Å². The van der Waals surface area contributed by atoms with Gasteiger partial charge in [0.25, 0.3) is 0 Å². The Morgan fingerprint density at radius 2 is 1.95 bits per heavy atom. The van der Waals surface area contributed by atoms with Crippen LogP contribution in [0.5, 0.6) is 0 Å². The Balaban J connectivity index is 1.58. The first-order chi connectivity index (χ1) is 9.11. The lowest BCUT2D eigenvalue weighted by atomic mass is 9.88. The van der Waals surface area contributed by atoms with Gasteiger partial charge in [0.15, 0.2) is 0 Å². The predicted molar refractivity (Wildman–Crippen MR) is 72.2 cm³/mol.